The van der Waals surface area contributed by atoms with Crippen LogP contribution in [0.15, 0.2) is 18.2 Å². The van der Waals surface area contributed by atoms with Crippen molar-refractivity contribution in [1.29, 1.82) is 0 Å². The van der Waals surface area contributed by atoms with E-state index in [-0.39, 0.29) is 5.91 Å². The van der Waals surface area contributed by atoms with Gasteiger partial charge < -0.3 is 5.32 Å². The van der Waals surface area contributed by atoms with E-state index in [1.165, 1.54) is 0 Å². The second-order valence-corrected chi connectivity index (χ2v) is 4.27. The number of nitrogens with one attached hydrogen (secondary N) is 1. The van der Waals surface area contributed by atoms with Gasteiger partial charge in [0.15, 0.2) is 0 Å². The Morgan fingerprint density at radius 2 is 2.29 bits per heavy atom. The molecule has 5 nitrogen and oxygen atoms in total. The number of aryl methyl sites for hydroxylation is 2. The van der Waals surface area contributed by atoms with E-state index in [1.54, 1.807) is 6.07 Å². The number of amides is 1. The maximum atomic E-state index is 11.9. The lowest BCUT2D eigenvalue weighted by atomic mass is 10.3. The van der Waals surface area contributed by atoms with Crippen molar-refractivity contribution in [2.24, 2.45) is 0 Å². The quantitative estimate of drug-likeness (QED) is 0.902. The van der Waals surface area contributed by atoms with Gasteiger partial charge in [0.1, 0.15) is 10.7 Å². The van der Waals surface area contributed by atoms with Crippen molar-refractivity contribution in [3.05, 3.63) is 34.5 Å². The van der Waals surface area contributed by atoms with Crippen LogP contribution in [0.3, 0.4) is 0 Å². The molecule has 0 aromatic carbocycles. The van der Waals surface area contributed by atoms with Crippen molar-refractivity contribution in [2.75, 3.05) is 5.32 Å². The third-order valence-corrected chi connectivity index (χ3v) is 2.99. The van der Waals surface area contributed by atoms with Crippen LogP contribution in [0, 0.1) is 6.92 Å². The van der Waals surface area contributed by atoms with Gasteiger partial charge in [-0.05, 0) is 37.0 Å². The van der Waals surface area contributed by atoms with E-state index >= 15 is 0 Å². The van der Waals surface area contributed by atoms with Crippen LogP contribution >= 0.6 is 11.5 Å². The minimum Gasteiger partial charge on any atom is -0.306 e. The summed E-state index contributed by atoms with van der Waals surface area (Å²) in [5, 5.41) is 6.64. The number of pyridine rings is 1. The molecule has 2 heterocycles. The predicted molar refractivity (Wildman–Crippen MR) is 66.2 cm³/mol. The van der Waals surface area contributed by atoms with Crippen LogP contribution in [0.5, 0.6) is 0 Å². The first kappa shape index (κ1) is 11.7. The SMILES string of the molecule is CCc1nnsc1C(=O)Nc1cccc(C)n1. The fourth-order valence-corrected chi connectivity index (χ4v) is 2.04. The molecule has 0 atom stereocenters. The standard InChI is InChI=1S/C11H12N4OS/c1-3-8-10(17-15-14-8)11(16)13-9-6-4-5-7(2)12-9/h4-6H,3H2,1-2H3,(H,12,13,16). The summed E-state index contributed by atoms with van der Waals surface area (Å²) in [6, 6.07) is 5.48. The van der Waals surface area contributed by atoms with Gasteiger partial charge in [-0.1, -0.05) is 17.5 Å². The van der Waals surface area contributed by atoms with Gasteiger partial charge in [0.05, 0.1) is 5.69 Å². The summed E-state index contributed by atoms with van der Waals surface area (Å²) < 4.78 is 3.78. The lowest BCUT2D eigenvalue weighted by molar-refractivity contribution is 0.102. The summed E-state index contributed by atoms with van der Waals surface area (Å²) in [5.41, 5.74) is 1.58. The van der Waals surface area contributed by atoms with E-state index in [0.717, 1.165) is 22.9 Å². The molecule has 2 aromatic heterocycles. The zero-order valence-corrected chi connectivity index (χ0v) is 10.4. The molecule has 0 aliphatic carbocycles. The first-order chi connectivity index (χ1) is 8.20. The molecule has 1 amide bonds. The van der Waals surface area contributed by atoms with Crippen LogP contribution < -0.4 is 5.32 Å². The Morgan fingerprint density at radius 1 is 1.47 bits per heavy atom. The van der Waals surface area contributed by atoms with E-state index in [9.17, 15) is 4.79 Å². The fraction of sp³-hybridized carbons (Fsp3) is 0.273. The van der Waals surface area contributed by atoms with E-state index in [4.69, 9.17) is 0 Å². The fourth-order valence-electron chi connectivity index (χ4n) is 1.40. The molecule has 0 radical (unpaired) electrons. The van der Waals surface area contributed by atoms with Crippen molar-refractivity contribution < 1.29 is 4.79 Å². The van der Waals surface area contributed by atoms with Gasteiger partial charge in [-0.2, -0.15) is 0 Å². The molecule has 0 bridgehead atoms. The highest BCUT2D eigenvalue weighted by Crippen LogP contribution is 2.13. The number of aromatic nitrogens is 3. The zero-order valence-electron chi connectivity index (χ0n) is 9.60. The van der Waals surface area contributed by atoms with Gasteiger partial charge in [0.2, 0.25) is 0 Å². The van der Waals surface area contributed by atoms with E-state index in [1.807, 2.05) is 26.0 Å². The number of carbonyl (C=O) groups is 1. The normalized spacial score (nSPS) is 10.2. The van der Waals surface area contributed by atoms with Crippen LogP contribution in [0.25, 0.3) is 0 Å². The van der Waals surface area contributed by atoms with Crippen molar-refractivity contribution in [2.45, 2.75) is 20.3 Å². The number of rotatable bonds is 3. The summed E-state index contributed by atoms with van der Waals surface area (Å²) in [5.74, 6) is 0.348. The minimum absolute atomic E-state index is 0.199. The predicted octanol–water partition coefficient (Wildman–Crippen LogP) is 2.06. The Morgan fingerprint density at radius 3 is 3.00 bits per heavy atom. The van der Waals surface area contributed by atoms with Gasteiger partial charge >= 0.3 is 0 Å². The Kier molecular flexibility index (Phi) is 3.43. The van der Waals surface area contributed by atoms with Gasteiger partial charge in [-0.15, -0.1) is 5.10 Å². The first-order valence-corrected chi connectivity index (χ1v) is 6.04. The molecule has 0 spiro atoms. The van der Waals surface area contributed by atoms with Crippen molar-refractivity contribution in [3.63, 3.8) is 0 Å². The Bertz CT molecular complexity index is 538. The van der Waals surface area contributed by atoms with Gasteiger partial charge in [0.25, 0.3) is 5.91 Å². The second-order valence-electron chi connectivity index (χ2n) is 3.52. The number of hydrogen-bond donors (Lipinski definition) is 1. The highest BCUT2D eigenvalue weighted by molar-refractivity contribution is 7.08. The molecule has 2 rings (SSSR count). The van der Waals surface area contributed by atoms with Crippen LogP contribution in [0.2, 0.25) is 0 Å². The van der Waals surface area contributed by atoms with E-state index in [2.05, 4.69) is 19.9 Å². The molecule has 0 unspecified atom stereocenters. The third kappa shape index (κ3) is 2.65. The maximum absolute atomic E-state index is 11.9. The van der Waals surface area contributed by atoms with Crippen LogP contribution in [0.1, 0.15) is 28.0 Å². The lowest BCUT2D eigenvalue weighted by Gasteiger charge is -2.03. The molecular formula is C11H12N4OS. The summed E-state index contributed by atoms with van der Waals surface area (Å²) in [7, 11) is 0. The molecule has 1 N–H and O–H groups in total. The molecule has 6 heteroatoms. The minimum atomic E-state index is -0.199. The van der Waals surface area contributed by atoms with Gasteiger partial charge in [0, 0.05) is 5.69 Å². The number of nitrogens with zero attached hydrogens (tertiary/aromatic N) is 3. The van der Waals surface area contributed by atoms with E-state index in [0.29, 0.717) is 17.1 Å². The number of carbonyl (C=O) groups excluding carboxylic acids is 1. The first-order valence-electron chi connectivity index (χ1n) is 5.27. The summed E-state index contributed by atoms with van der Waals surface area (Å²) >= 11 is 1.10. The van der Waals surface area contributed by atoms with Gasteiger partial charge in [-0.3, -0.25) is 4.79 Å². The third-order valence-electron chi connectivity index (χ3n) is 2.23. The lowest BCUT2D eigenvalue weighted by Crippen LogP contribution is -2.13. The Hall–Kier alpha value is -1.82. The van der Waals surface area contributed by atoms with E-state index < -0.39 is 0 Å². The van der Waals surface area contributed by atoms with Crippen LogP contribution in [-0.4, -0.2) is 20.5 Å². The molecule has 0 fully saturated rings. The summed E-state index contributed by atoms with van der Waals surface area (Å²) in [4.78, 5) is 16.7. The molecule has 2 aromatic rings. The number of anilines is 1. The second kappa shape index (κ2) is 5.01. The Balaban J connectivity index is 2.17. The highest BCUT2D eigenvalue weighted by Gasteiger charge is 2.15. The zero-order chi connectivity index (χ0) is 12.3. The highest BCUT2D eigenvalue weighted by atomic mass is 32.1. The Labute approximate surface area is 103 Å². The molecular weight excluding hydrogens is 236 g/mol. The van der Waals surface area contributed by atoms with Crippen molar-refractivity contribution in [3.8, 4) is 0 Å². The number of hydrogen-bond acceptors (Lipinski definition) is 5. The molecule has 0 aliphatic rings. The molecule has 0 saturated carbocycles. The monoisotopic (exact) mass is 248 g/mol. The maximum Gasteiger partial charge on any atom is 0.270 e. The molecule has 0 aliphatic heterocycles. The molecule has 88 valence electrons. The summed E-state index contributed by atoms with van der Waals surface area (Å²) in [6.07, 6.45) is 0.695. The molecule has 0 saturated heterocycles. The average Bonchev–Trinajstić information content (AvgIpc) is 2.77. The van der Waals surface area contributed by atoms with Gasteiger partial charge in [-0.25, -0.2) is 4.98 Å². The largest absolute Gasteiger partial charge is 0.306 e. The smallest absolute Gasteiger partial charge is 0.270 e. The van der Waals surface area contributed by atoms with Crippen LogP contribution in [0.4, 0.5) is 5.82 Å². The van der Waals surface area contributed by atoms with Crippen LogP contribution in [-0.2, 0) is 6.42 Å². The van der Waals surface area contributed by atoms with Crippen molar-refractivity contribution in [1.82, 2.24) is 14.6 Å². The van der Waals surface area contributed by atoms with Crippen molar-refractivity contribution >= 4 is 23.3 Å². The average molecular weight is 248 g/mol. The summed E-state index contributed by atoms with van der Waals surface area (Å²) in [6.45, 7) is 3.82. The topological polar surface area (TPSA) is 67.8 Å². The molecule has 17 heavy (non-hydrogen) atoms.